The van der Waals surface area contributed by atoms with Crippen LogP contribution in [0, 0.1) is 0 Å². The van der Waals surface area contributed by atoms with Crippen LogP contribution in [-0.2, 0) is 0 Å². The zero-order valence-corrected chi connectivity index (χ0v) is 14.5. The Hall–Kier alpha value is -3.14. The molecule has 5 aliphatic rings. The first-order chi connectivity index (χ1) is 12.9. The molecular formula is C22H20N4. The molecule has 4 nitrogen and oxygen atoms in total. The summed E-state index contributed by atoms with van der Waals surface area (Å²) in [6, 6.07) is 25.1. The summed E-state index contributed by atoms with van der Waals surface area (Å²) in [5.74, 6) is 2.16. The van der Waals surface area contributed by atoms with Gasteiger partial charge in [-0.15, -0.1) is 0 Å². The van der Waals surface area contributed by atoms with Gasteiger partial charge in [0, 0.05) is 37.3 Å². The van der Waals surface area contributed by atoms with Gasteiger partial charge < -0.3 is 9.80 Å². The lowest BCUT2D eigenvalue weighted by Gasteiger charge is -2.35. The molecule has 0 saturated carbocycles. The van der Waals surface area contributed by atoms with Crippen molar-refractivity contribution in [2.24, 2.45) is 0 Å². The summed E-state index contributed by atoms with van der Waals surface area (Å²) in [5, 5.41) is 0. The zero-order chi connectivity index (χ0) is 17.3. The van der Waals surface area contributed by atoms with Crippen molar-refractivity contribution < 1.29 is 0 Å². The molecule has 0 bridgehead atoms. The Balaban J connectivity index is 1.34. The van der Waals surface area contributed by atoms with Crippen molar-refractivity contribution in [2.75, 3.05) is 36.0 Å². The van der Waals surface area contributed by atoms with Gasteiger partial charge in [-0.05, 0) is 24.3 Å². The monoisotopic (exact) mass is 340 g/mol. The third-order valence-corrected chi connectivity index (χ3v) is 5.06. The van der Waals surface area contributed by atoms with Crippen LogP contribution in [0.2, 0.25) is 0 Å². The maximum Gasteiger partial charge on any atom is 0.130 e. The van der Waals surface area contributed by atoms with Gasteiger partial charge in [0.2, 0.25) is 0 Å². The van der Waals surface area contributed by atoms with Gasteiger partial charge in [0.15, 0.2) is 0 Å². The van der Waals surface area contributed by atoms with Crippen LogP contribution in [0.1, 0.15) is 0 Å². The molecule has 0 aromatic rings. The summed E-state index contributed by atoms with van der Waals surface area (Å²) in [7, 11) is 0. The fourth-order valence-electron chi connectivity index (χ4n) is 3.63. The average molecular weight is 340 g/mol. The van der Waals surface area contributed by atoms with Crippen molar-refractivity contribution in [3.05, 3.63) is 72.8 Å². The summed E-state index contributed by atoms with van der Waals surface area (Å²) < 4.78 is 0. The minimum atomic E-state index is 0.965. The van der Waals surface area contributed by atoms with Gasteiger partial charge in [0.25, 0.3) is 0 Å². The molecule has 5 rings (SSSR count). The Labute approximate surface area is 153 Å². The molecule has 0 radical (unpaired) electrons. The van der Waals surface area contributed by atoms with Gasteiger partial charge in [-0.1, -0.05) is 48.5 Å². The highest BCUT2D eigenvalue weighted by atomic mass is 15.3. The molecule has 4 heteroatoms. The molecule has 0 unspecified atom stereocenters. The van der Waals surface area contributed by atoms with Crippen molar-refractivity contribution in [1.29, 1.82) is 0 Å². The maximum atomic E-state index is 4.81. The van der Waals surface area contributed by atoms with Crippen LogP contribution >= 0.6 is 0 Å². The SMILES string of the molecule is c1ccc2cc(N3CCN(c4cc5cccccc-5n4)CC3)nc-2cc1. The first-order valence-corrected chi connectivity index (χ1v) is 9.08. The second-order valence-corrected chi connectivity index (χ2v) is 6.71. The Kier molecular flexibility index (Phi) is 3.67. The molecule has 128 valence electrons. The number of aromatic nitrogens is 2. The van der Waals surface area contributed by atoms with Gasteiger partial charge >= 0.3 is 0 Å². The predicted octanol–water partition coefficient (Wildman–Crippen LogP) is 4.01. The van der Waals surface area contributed by atoms with Crippen molar-refractivity contribution in [2.45, 2.75) is 0 Å². The van der Waals surface area contributed by atoms with E-state index in [0.717, 1.165) is 49.2 Å². The highest BCUT2D eigenvalue weighted by Crippen LogP contribution is 2.29. The van der Waals surface area contributed by atoms with Crippen molar-refractivity contribution in [1.82, 2.24) is 9.97 Å². The van der Waals surface area contributed by atoms with Crippen LogP contribution in [0.15, 0.2) is 72.8 Å². The Morgan fingerprint density at radius 1 is 0.538 bits per heavy atom. The summed E-state index contributed by atoms with van der Waals surface area (Å²) in [6.07, 6.45) is 0. The quantitative estimate of drug-likeness (QED) is 0.552. The lowest BCUT2D eigenvalue weighted by atomic mass is 10.2. The normalized spacial score (nSPS) is 14.9. The van der Waals surface area contributed by atoms with Gasteiger partial charge in [0.1, 0.15) is 11.6 Å². The lowest BCUT2D eigenvalue weighted by Crippen LogP contribution is -2.46. The van der Waals surface area contributed by atoms with Crippen LogP contribution in [0.3, 0.4) is 0 Å². The van der Waals surface area contributed by atoms with E-state index in [0.29, 0.717) is 0 Å². The molecule has 0 aromatic carbocycles. The van der Waals surface area contributed by atoms with E-state index in [2.05, 4.69) is 58.3 Å². The van der Waals surface area contributed by atoms with Gasteiger partial charge in [-0.3, -0.25) is 0 Å². The molecule has 3 aliphatic heterocycles. The molecule has 0 atom stereocenters. The number of piperazine rings is 1. The topological polar surface area (TPSA) is 32.3 Å². The third kappa shape index (κ3) is 2.73. The number of hydrogen-bond donors (Lipinski definition) is 0. The van der Waals surface area contributed by atoms with Crippen LogP contribution in [0.25, 0.3) is 22.5 Å². The molecule has 0 aromatic heterocycles. The minimum Gasteiger partial charge on any atom is -0.353 e. The molecule has 0 spiro atoms. The standard InChI is InChI=1S/C22H20N4/c1-3-7-17-15-21(23-19(17)9-5-1)25-11-13-26(14-12-25)22-16-18-8-4-2-6-10-20(18)24-22/h1-10,15-16H,11-14H2. The van der Waals surface area contributed by atoms with Crippen LogP contribution in [0.5, 0.6) is 0 Å². The summed E-state index contributed by atoms with van der Waals surface area (Å²) in [5.41, 5.74) is 4.52. The zero-order valence-electron chi connectivity index (χ0n) is 14.5. The van der Waals surface area contributed by atoms with E-state index in [9.17, 15) is 0 Å². The summed E-state index contributed by atoms with van der Waals surface area (Å²) >= 11 is 0. The first kappa shape index (κ1) is 15.1. The van der Waals surface area contributed by atoms with E-state index >= 15 is 0 Å². The van der Waals surface area contributed by atoms with Gasteiger partial charge in [0.05, 0.1) is 11.4 Å². The van der Waals surface area contributed by atoms with E-state index in [1.54, 1.807) is 0 Å². The number of fused-ring (bicyclic) bond motifs is 2. The Morgan fingerprint density at radius 2 is 0.962 bits per heavy atom. The number of rotatable bonds is 2. The van der Waals surface area contributed by atoms with Crippen molar-refractivity contribution >= 4 is 11.6 Å². The minimum absolute atomic E-state index is 0.965. The highest BCUT2D eigenvalue weighted by Gasteiger charge is 2.22. The number of anilines is 2. The van der Waals surface area contributed by atoms with E-state index in [1.807, 2.05) is 24.3 Å². The van der Waals surface area contributed by atoms with Crippen LogP contribution in [-0.4, -0.2) is 36.1 Å². The summed E-state index contributed by atoms with van der Waals surface area (Å²) in [6.45, 7) is 3.86. The molecule has 1 saturated heterocycles. The van der Waals surface area contributed by atoms with Gasteiger partial charge in [-0.2, -0.15) is 0 Å². The van der Waals surface area contributed by atoms with Gasteiger partial charge in [-0.25, -0.2) is 9.97 Å². The Bertz CT molecular complexity index is 833. The number of hydrogen-bond acceptors (Lipinski definition) is 4. The predicted molar refractivity (Wildman–Crippen MR) is 106 cm³/mol. The molecule has 1 fully saturated rings. The van der Waals surface area contributed by atoms with E-state index in [-0.39, 0.29) is 0 Å². The van der Waals surface area contributed by atoms with Crippen LogP contribution < -0.4 is 9.80 Å². The second kappa shape index (κ2) is 6.30. The average Bonchev–Trinajstić information content (AvgIpc) is 3.11. The van der Waals surface area contributed by atoms with Crippen molar-refractivity contribution in [3.63, 3.8) is 0 Å². The number of nitrogens with zero attached hydrogens (tertiary/aromatic N) is 4. The summed E-state index contributed by atoms with van der Waals surface area (Å²) in [4.78, 5) is 14.4. The lowest BCUT2D eigenvalue weighted by molar-refractivity contribution is 0.644. The van der Waals surface area contributed by atoms with E-state index in [1.165, 1.54) is 11.1 Å². The second-order valence-electron chi connectivity index (χ2n) is 6.71. The van der Waals surface area contributed by atoms with Crippen molar-refractivity contribution in [3.8, 4) is 22.5 Å². The Morgan fingerprint density at radius 3 is 1.42 bits per heavy atom. The van der Waals surface area contributed by atoms with Crippen LogP contribution in [0.4, 0.5) is 11.6 Å². The molecule has 26 heavy (non-hydrogen) atoms. The largest absolute Gasteiger partial charge is 0.353 e. The molecule has 0 N–H and O–H groups in total. The van der Waals surface area contributed by atoms with E-state index in [4.69, 9.17) is 9.97 Å². The molecule has 2 aliphatic carbocycles. The fourth-order valence-corrected chi connectivity index (χ4v) is 3.63. The third-order valence-electron chi connectivity index (χ3n) is 5.06. The highest BCUT2D eigenvalue weighted by molar-refractivity contribution is 5.70. The van der Waals surface area contributed by atoms with E-state index < -0.39 is 0 Å². The smallest absolute Gasteiger partial charge is 0.130 e. The molecular weight excluding hydrogens is 320 g/mol. The molecule has 0 amide bonds. The molecule has 3 heterocycles. The maximum absolute atomic E-state index is 4.81. The fraction of sp³-hybridized carbons (Fsp3) is 0.182. The first-order valence-electron chi connectivity index (χ1n) is 9.08.